The largest absolute Gasteiger partial charge is 0.494 e. The van der Waals surface area contributed by atoms with Crippen LogP contribution in [-0.2, 0) is 40.3 Å². The SMILES string of the molecule is CCS(=O)(=O)CCCOc1ccc2c(c1)CCCc1cc(F)c(CCc3ccc([C@H]4C[C@@H]4C(=O)O)cc3)cc1-2. The average Bonchev–Trinajstić information content (AvgIpc) is 3.74. The molecule has 206 valence electrons. The van der Waals surface area contributed by atoms with E-state index in [1.165, 1.54) is 5.56 Å². The average molecular weight is 551 g/mol. The Morgan fingerprint density at radius 2 is 1.74 bits per heavy atom. The Kier molecular flexibility index (Phi) is 8.08. The Bertz CT molecular complexity index is 1460. The highest BCUT2D eigenvalue weighted by Crippen LogP contribution is 2.47. The van der Waals surface area contributed by atoms with Gasteiger partial charge in [-0.2, -0.15) is 0 Å². The molecule has 7 heteroatoms. The minimum Gasteiger partial charge on any atom is -0.494 e. The number of sulfone groups is 1. The smallest absolute Gasteiger partial charge is 0.307 e. The molecule has 0 aromatic heterocycles. The first-order valence-electron chi connectivity index (χ1n) is 13.8. The van der Waals surface area contributed by atoms with Crippen molar-refractivity contribution < 1.29 is 27.4 Å². The molecule has 2 atom stereocenters. The lowest BCUT2D eigenvalue weighted by Crippen LogP contribution is -2.11. The number of ether oxygens (including phenoxy) is 1. The van der Waals surface area contributed by atoms with Gasteiger partial charge in [0.2, 0.25) is 0 Å². The molecule has 1 N–H and O–H groups in total. The number of carbonyl (C=O) groups is 1. The number of benzene rings is 3. The monoisotopic (exact) mass is 550 g/mol. The summed E-state index contributed by atoms with van der Waals surface area (Å²) in [7, 11) is -2.99. The van der Waals surface area contributed by atoms with Gasteiger partial charge in [0.15, 0.2) is 0 Å². The van der Waals surface area contributed by atoms with Crippen LogP contribution in [0.3, 0.4) is 0 Å². The van der Waals surface area contributed by atoms with Gasteiger partial charge < -0.3 is 9.84 Å². The quantitative estimate of drug-likeness (QED) is 0.289. The fourth-order valence-corrected chi connectivity index (χ4v) is 6.41. The van der Waals surface area contributed by atoms with Crippen LogP contribution < -0.4 is 4.74 Å². The van der Waals surface area contributed by atoms with Crippen LogP contribution >= 0.6 is 0 Å². The predicted octanol–water partition coefficient (Wildman–Crippen LogP) is 6.16. The van der Waals surface area contributed by atoms with Gasteiger partial charge in [-0.15, -0.1) is 0 Å². The molecule has 39 heavy (non-hydrogen) atoms. The van der Waals surface area contributed by atoms with E-state index in [0.717, 1.165) is 52.8 Å². The van der Waals surface area contributed by atoms with E-state index >= 15 is 4.39 Å². The molecule has 1 fully saturated rings. The summed E-state index contributed by atoms with van der Waals surface area (Å²) in [6.45, 7) is 2.01. The molecule has 0 radical (unpaired) electrons. The molecule has 2 aliphatic rings. The van der Waals surface area contributed by atoms with Crippen LogP contribution in [0.1, 0.15) is 59.9 Å². The second-order valence-corrected chi connectivity index (χ2v) is 13.2. The Morgan fingerprint density at radius 3 is 2.44 bits per heavy atom. The van der Waals surface area contributed by atoms with Gasteiger partial charge in [-0.1, -0.05) is 37.3 Å². The summed E-state index contributed by atoms with van der Waals surface area (Å²) < 4.78 is 44.4. The molecule has 2 aliphatic carbocycles. The minimum absolute atomic E-state index is 0.113. The van der Waals surface area contributed by atoms with Gasteiger partial charge in [0.1, 0.15) is 21.4 Å². The normalized spacial score (nSPS) is 18.1. The van der Waals surface area contributed by atoms with Crippen molar-refractivity contribution in [3.05, 3.63) is 88.2 Å². The third-order valence-corrected chi connectivity index (χ3v) is 9.83. The van der Waals surface area contributed by atoms with Gasteiger partial charge in [0, 0.05) is 5.75 Å². The highest BCUT2D eigenvalue weighted by molar-refractivity contribution is 7.91. The van der Waals surface area contributed by atoms with Crippen molar-refractivity contribution in [2.45, 2.75) is 57.8 Å². The highest BCUT2D eigenvalue weighted by atomic mass is 32.2. The van der Waals surface area contributed by atoms with Crippen LogP contribution in [0.2, 0.25) is 0 Å². The Labute approximate surface area is 230 Å². The number of halogens is 1. The lowest BCUT2D eigenvalue weighted by atomic mass is 9.92. The van der Waals surface area contributed by atoms with Crippen LogP contribution in [-0.4, -0.2) is 37.6 Å². The van der Waals surface area contributed by atoms with E-state index in [2.05, 4.69) is 0 Å². The zero-order valence-corrected chi connectivity index (χ0v) is 23.1. The number of aryl methyl sites for hydroxylation is 4. The van der Waals surface area contributed by atoms with E-state index in [0.29, 0.717) is 37.9 Å². The summed E-state index contributed by atoms with van der Waals surface area (Å²) >= 11 is 0. The van der Waals surface area contributed by atoms with Crippen molar-refractivity contribution in [2.75, 3.05) is 18.1 Å². The summed E-state index contributed by atoms with van der Waals surface area (Å²) in [5.74, 6) is -0.0352. The fourth-order valence-electron chi connectivity index (χ4n) is 5.57. The molecule has 0 heterocycles. The van der Waals surface area contributed by atoms with Crippen molar-refractivity contribution in [3.8, 4) is 16.9 Å². The molecule has 0 unspecified atom stereocenters. The van der Waals surface area contributed by atoms with Crippen molar-refractivity contribution in [1.29, 1.82) is 0 Å². The molecule has 3 aromatic rings. The maximum Gasteiger partial charge on any atom is 0.307 e. The number of fused-ring (bicyclic) bond motifs is 3. The summed E-state index contributed by atoms with van der Waals surface area (Å²) in [4.78, 5) is 11.2. The molecule has 0 spiro atoms. The zero-order chi connectivity index (χ0) is 27.6. The van der Waals surface area contributed by atoms with Gasteiger partial charge in [-0.3, -0.25) is 4.79 Å². The van der Waals surface area contributed by atoms with Crippen LogP contribution in [0.25, 0.3) is 11.1 Å². The summed E-state index contributed by atoms with van der Waals surface area (Å²) in [6.07, 6.45) is 5.06. The summed E-state index contributed by atoms with van der Waals surface area (Å²) in [5.41, 5.74) is 7.23. The third-order valence-electron chi connectivity index (χ3n) is 8.04. The Hall–Kier alpha value is -3.19. The first-order chi connectivity index (χ1) is 18.7. The number of rotatable bonds is 11. The van der Waals surface area contributed by atoms with Crippen LogP contribution in [0.4, 0.5) is 4.39 Å². The zero-order valence-electron chi connectivity index (χ0n) is 22.3. The number of carboxylic acid groups (broad SMARTS) is 1. The number of hydrogen-bond acceptors (Lipinski definition) is 4. The third kappa shape index (κ3) is 6.52. The molecule has 0 aliphatic heterocycles. The van der Waals surface area contributed by atoms with Crippen molar-refractivity contribution in [2.24, 2.45) is 5.92 Å². The maximum absolute atomic E-state index is 15.1. The number of hydrogen-bond donors (Lipinski definition) is 1. The van der Waals surface area contributed by atoms with Crippen molar-refractivity contribution in [3.63, 3.8) is 0 Å². The van der Waals surface area contributed by atoms with E-state index in [4.69, 9.17) is 9.84 Å². The molecule has 5 rings (SSSR count). The summed E-state index contributed by atoms with van der Waals surface area (Å²) in [5, 5.41) is 9.17. The van der Waals surface area contributed by atoms with E-state index in [-0.39, 0.29) is 29.2 Å². The topological polar surface area (TPSA) is 80.7 Å². The summed E-state index contributed by atoms with van der Waals surface area (Å²) in [6, 6.07) is 17.8. The fraction of sp³-hybridized carbons (Fsp3) is 0.406. The number of carboxylic acids is 1. The van der Waals surface area contributed by atoms with Crippen LogP contribution in [0.15, 0.2) is 54.6 Å². The number of aliphatic carboxylic acids is 1. The second kappa shape index (κ2) is 11.5. The van der Waals surface area contributed by atoms with Gasteiger partial charge in [0.05, 0.1) is 18.3 Å². The molecule has 1 saturated carbocycles. The molecule has 0 saturated heterocycles. The van der Waals surface area contributed by atoms with Gasteiger partial charge in [0.25, 0.3) is 0 Å². The first-order valence-corrected chi connectivity index (χ1v) is 15.7. The van der Waals surface area contributed by atoms with Gasteiger partial charge in [-0.05, 0) is 114 Å². The van der Waals surface area contributed by atoms with E-state index < -0.39 is 15.8 Å². The highest BCUT2D eigenvalue weighted by Gasteiger charge is 2.44. The first kappa shape index (κ1) is 27.4. The minimum atomic E-state index is -2.99. The second-order valence-electron chi connectivity index (χ2n) is 10.7. The molecule has 3 aromatic carbocycles. The van der Waals surface area contributed by atoms with Crippen LogP contribution in [0.5, 0.6) is 5.75 Å². The van der Waals surface area contributed by atoms with E-state index in [1.54, 1.807) is 13.0 Å². The molecule has 5 nitrogen and oxygen atoms in total. The maximum atomic E-state index is 15.1. The van der Waals surface area contributed by atoms with Gasteiger partial charge in [-0.25, -0.2) is 12.8 Å². The molecule has 0 bridgehead atoms. The van der Waals surface area contributed by atoms with E-state index in [9.17, 15) is 13.2 Å². The molecule has 0 amide bonds. The lowest BCUT2D eigenvalue weighted by molar-refractivity contribution is -0.138. The molecular weight excluding hydrogens is 515 g/mol. The standard InChI is InChI=1S/C32H35FO5S/c1-2-39(36,37)16-4-15-38-26-13-14-27-23(17-26)5-3-6-24-19-31(33)25(18-28(24)27)12-9-21-7-10-22(11-8-21)29-20-30(29)32(34)35/h7-8,10-11,13-14,17-19,29-30H,2-6,9,12,15-16,20H2,1H3,(H,34,35)/t29-,30+/m1/s1. The lowest BCUT2D eigenvalue weighted by Gasteiger charge is -2.15. The van der Waals surface area contributed by atoms with Crippen molar-refractivity contribution in [1.82, 2.24) is 0 Å². The Morgan fingerprint density at radius 1 is 1.00 bits per heavy atom. The molecular formula is C32H35FO5S. The van der Waals surface area contributed by atoms with Gasteiger partial charge >= 0.3 is 5.97 Å². The van der Waals surface area contributed by atoms with Crippen molar-refractivity contribution >= 4 is 15.8 Å². The Balaban J connectivity index is 1.27. The predicted molar refractivity (Wildman–Crippen MR) is 151 cm³/mol. The van der Waals surface area contributed by atoms with E-state index in [1.807, 2.05) is 48.5 Å². The van der Waals surface area contributed by atoms with Crippen LogP contribution in [0, 0.1) is 11.7 Å².